The number of anilines is 3. The van der Waals surface area contributed by atoms with E-state index in [9.17, 15) is 24.3 Å². The van der Waals surface area contributed by atoms with E-state index in [0.717, 1.165) is 0 Å². The zero-order chi connectivity index (χ0) is 37.0. The van der Waals surface area contributed by atoms with Gasteiger partial charge >= 0.3 is 12.2 Å². The maximum absolute atomic E-state index is 16.2. The molecule has 1 aliphatic rings. The molecule has 0 aromatic heterocycles. The van der Waals surface area contributed by atoms with Gasteiger partial charge < -0.3 is 20.5 Å². The lowest BCUT2D eigenvalue weighted by Crippen LogP contribution is -2.41. The largest absolute Gasteiger partial charge is 0.464 e. The van der Waals surface area contributed by atoms with Crippen LogP contribution in [0.2, 0.25) is 15.1 Å². The lowest BCUT2D eigenvalue weighted by atomic mass is 9.84. The summed E-state index contributed by atoms with van der Waals surface area (Å²) in [5.74, 6) is -5.71. The first-order chi connectivity index (χ1) is 22.4. The Balaban J connectivity index is 1.65. The van der Waals surface area contributed by atoms with Crippen molar-refractivity contribution in [3.05, 3.63) is 85.9 Å². The number of carbonyl (C=O) groups excluding carboxylic acids is 3. The van der Waals surface area contributed by atoms with Crippen LogP contribution >= 0.6 is 58.0 Å². The van der Waals surface area contributed by atoms with Crippen LogP contribution in [0.25, 0.3) is 0 Å². The topological polar surface area (TPSA) is 125 Å². The number of hydrogen-bond acceptors (Lipinski definition) is 5. The normalized spacial score (nSPS) is 16.8. The van der Waals surface area contributed by atoms with Crippen LogP contribution in [-0.4, -0.2) is 39.0 Å². The molecule has 49 heavy (non-hydrogen) atoms. The van der Waals surface area contributed by atoms with E-state index in [0.29, 0.717) is 21.7 Å². The maximum Gasteiger partial charge on any atom is 0.424 e. The molecular formula is C33H30Cl5F2N3O6. The molecule has 262 valence electrons. The number of imide groups is 1. The van der Waals surface area contributed by atoms with Crippen molar-refractivity contribution in [2.24, 2.45) is 5.92 Å². The number of carboxylic acid groups (broad SMARTS) is 1. The predicted octanol–water partition coefficient (Wildman–Crippen LogP) is 10.4. The predicted molar refractivity (Wildman–Crippen MR) is 187 cm³/mol. The van der Waals surface area contributed by atoms with E-state index >= 15 is 8.78 Å². The number of ether oxygens (including phenoxy) is 1. The van der Waals surface area contributed by atoms with Gasteiger partial charge in [0.25, 0.3) is 5.91 Å². The Morgan fingerprint density at radius 3 is 2.02 bits per heavy atom. The molecule has 1 aliphatic carbocycles. The minimum atomic E-state index is -1.93. The molecule has 0 radical (unpaired) electrons. The van der Waals surface area contributed by atoms with Crippen LogP contribution in [0.5, 0.6) is 0 Å². The van der Waals surface area contributed by atoms with Gasteiger partial charge in [0.05, 0.1) is 27.9 Å². The molecule has 3 aromatic rings. The first-order valence-electron chi connectivity index (χ1n) is 14.5. The van der Waals surface area contributed by atoms with Gasteiger partial charge in [0.1, 0.15) is 15.8 Å². The molecule has 2 atom stereocenters. The summed E-state index contributed by atoms with van der Waals surface area (Å²) in [5, 5.41) is 15.2. The number of carbonyl (C=O) groups is 4. The first-order valence-corrected chi connectivity index (χ1v) is 16.4. The summed E-state index contributed by atoms with van der Waals surface area (Å²) in [6.45, 7) is 8.87. The van der Waals surface area contributed by atoms with Gasteiger partial charge in [0.2, 0.25) is 5.91 Å². The van der Waals surface area contributed by atoms with Crippen LogP contribution in [0.4, 0.5) is 35.4 Å². The average Bonchev–Trinajstić information content (AvgIpc) is 3.51. The van der Waals surface area contributed by atoms with E-state index in [2.05, 4.69) is 10.6 Å². The number of nitrogens with zero attached hydrogens (tertiary/aromatic N) is 1. The fourth-order valence-electron chi connectivity index (χ4n) is 5.19. The Bertz CT molecular complexity index is 1860. The molecule has 9 nitrogen and oxygen atoms in total. The zero-order valence-electron chi connectivity index (χ0n) is 26.8. The van der Waals surface area contributed by atoms with Gasteiger partial charge in [0.15, 0.2) is 5.82 Å². The Labute approximate surface area is 305 Å². The van der Waals surface area contributed by atoms with Gasteiger partial charge in [0, 0.05) is 33.3 Å². The fourth-order valence-corrected chi connectivity index (χ4v) is 6.76. The molecule has 3 N–H and O–H groups in total. The average molecular weight is 780 g/mol. The summed E-state index contributed by atoms with van der Waals surface area (Å²) < 4.78 is 35.5. The van der Waals surface area contributed by atoms with E-state index in [1.54, 1.807) is 12.1 Å². The highest BCUT2D eigenvalue weighted by molar-refractivity contribution is 6.53. The maximum atomic E-state index is 16.2. The monoisotopic (exact) mass is 777 g/mol. The molecule has 4 rings (SSSR count). The molecule has 3 aromatic carbocycles. The molecule has 0 aliphatic heterocycles. The number of hydrogen-bond donors (Lipinski definition) is 3. The highest BCUT2D eigenvalue weighted by Gasteiger charge is 2.67. The summed E-state index contributed by atoms with van der Waals surface area (Å²) in [6.07, 6.45) is -3.39. The van der Waals surface area contributed by atoms with Crippen LogP contribution in [0.1, 0.15) is 68.9 Å². The van der Waals surface area contributed by atoms with Crippen LogP contribution in [0.3, 0.4) is 0 Å². The lowest BCUT2D eigenvalue weighted by molar-refractivity contribution is -0.117. The molecule has 4 amide bonds. The number of alkyl halides is 2. The minimum absolute atomic E-state index is 0.0602. The van der Waals surface area contributed by atoms with E-state index < -0.39 is 79.8 Å². The van der Waals surface area contributed by atoms with Crippen molar-refractivity contribution in [2.75, 3.05) is 15.5 Å². The third kappa shape index (κ3) is 8.35. The number of benzene rings is 3. The van der Waals surface area contributed by atoms with Crippen molar-refractivity contribution < 1.29 is 37.8 Å². The highest BCUT2D eigenvalue weighted by Crippen LogP contribution is 2.65. The number of halogens is 7. The zero-order valence-corrected chi connectivity index (χ0v) is 30.6. The van der Waals surface area contributed by atoms with Gasteiger partial charge in [-0.25, -0.2) is 18.4 Å². The minimum Gasteiger partial charge on any atom is -0.464 e. The Morgan fingerprint density at radius 2 is 1.49 bits per heavy atom. The van der Waals surface area contributed by atoms with Gasteiger partial charge in [-0.15, -0.1) is 23.2 Å². The fraction of sp³-hybridized carbons (Fsp3) is 0.333. The second-order valence-corrected chi connectivity index (χ2v) is 16.0. The second kappa shape index (κ2) is 13.8. The van der Waals surface area contributed by atoms with Crippen molar-refractivity contribution >= 4 is 99.1 Å². The third-order valence-corrected chi connectivity index (χ3v) is 8.96. The van der Waals surface area contributed by atoms with Gasteiger partial charge in [-0.05, 0) is 68.1 Å². The van der Waals surface area contributed by atoms with Crippen molar-refractivity contribution in [3.8, 4) is 0 Å². The SMILES string of the molecule is CC(C)(C)OC(=O)N(C(=O)O)c1cc(F)c(NC(=O)c2cc(NC(=O)[C@H]3[C@H](c4cc(Cl)cc(Cl)c4)C3(Cl)Cl)ccc2Cl)c(C(C)(C)C)c1F. The number of amides is 4. The van der Waals surface area contributed by atoms with E-state index in [-0.39, 0.29) is 21.2 Å². The molecule has 16 heteroatoms. The third-order valence-electron chi connectivity index (χ3n) is 7.25. The summed E-state index contributed by atoms with van der Waals surface area (Å²) in [4.78, 5) is 51.5. The Kier molecular flexibility index (Phi) is 10.8. The van der Waals surface area contributed by atoms with E-state index in [1.807, 2.05) is 0 Å². The quantitative estimate of drug-likeness (QED) is 0.214. The summed E-state index contributed by atoms with van der Waals surface area (Å²) >= 11 is 31.4. The van der Waals surface area contributed by atoms with E-state index in [4.69, 9.17) is 62.7 Å². The van der Waals surface area contributed by atoms with Crippen molar-refractivity contribution in [2.45, 2.75) is 62.8 Å². The van der Waals surface area contributed by atoms with Gasteiger partial charge in [-0.2, -0.15) is 4.90 Å². The Morgan fingerprint density at radius 1 is 0.898 bits per heavy atom. The highest BCUT2D eigenvalue weighted by atomic mass is 35.5. The molecule has 0 saturated heterocycles. The number of rotatable bonds is 6. The van der Waals surface area contributed by atoms with Crippen LogP contribution < -0.4 is 15.5 Å². The Hall–Kier alpha value is -3.35. The van der Waals surface area contributed by atoms with Crippen molar-refractivity contribution in [3.63, 3.8) is 0 Å². The van der Waals surface area contributed by atoms with E-state index in [1.165, 1.54) is 65.8 Å². The molecule has 0 heterocycles. The van der Waals surface area contributed by atoms with Crippen molar-refractivity contribution in [1.82, 2.24) is 0 Å². The van der Waals surface area contributed by atoms with Crippen LogP contribution in [0.15, 0.2) is 42.5 Å². The molecule has 1 saturated carbocycles. The smallest absolute Gasteiger partial charge is 0.424 e. The van der Waals surface area contributed by atoms with Crippen LogP contribution in [-0.2, 0) is 14.9 Å². The van der Waals surface area contributed by atoms with Crippen LogP contribution in [0, 0.1) is 17.6 Å². The molecular weight excluding hydrogens is 750 g/mol. The summed E-state index contributed by atoms with van der Waals surface area (Å²) in [6, 6.07) is 9.07. The molecule has 0 bridgehead atoms. The summed E-state index contributed by atoms with van der Waals surface area (Å²) in [7, 11) is 0. The summed E-state index contributed by atoms with van der Waals surface area (Å²) in [5.41, 5.74) is -4.02. The molecule has 0 unspecified atom stereocenters. The second-order valence-electron chi connectivity index (χ2n) is 13.3. The number of nitrogens with one attached hydrogen (secondary N) is 2. The lowest BCUT2D eigenvalue weighted by Gasteiger charge is -2.29. The van der Waals surface area contributed by atoms with Gasteiger partial charge in [-0.3, -0.25) is 9.59 Å². The molecule has 0 spiro atoms. The van der Waals surface area contributed by atoms with Gasteiger partial charge in [-0.1, -0.05) is 55.6 Å². The molecule has 1 fully saturated rings. The van der Waals surface area contributed by atoms with Crippen molar-refractivity contribution in [1.29, 1.82) is 0 Å². The first kappa shape index (κ1) is 38.5. The standard InChI is InChI=1S/C33H30Cl5F2N3O6/c1-31(2,3)24-25(40)21(43(29(46)47)30(48)49-32(4,5)6)13-20(39)26(24)42-27(44)18-12-17(7-8-19(18)36)41-28(45)23-22(33(23,37)38)14-9-15(34)11-16(35)10-14/h7-13,22-23H,1-6H3,(H,41,45)(H,42,44)(H,46,47)/t22-,23+/m0/s1.